The molecular weight excluding hydrogens is 188 g/mol. The van der Waals surface area contributed by atoms with Crippen LogP contribution >= 0.6 is 0 Å². The predicted molar refractivity (Wildman–Crippen MR) is 52.0 cm³/mol. The van der Waals surface area contributed by atoms with Crippen LogP contribution in [0.3, 0.4) is 0 Å². The monoisotopic (exact) mass is 206 g/mol. The van der Waals surface area contributed by atoms with E-state index in [1.807, 2.05) is 13.8 Å². The molecule has 0 N–H and O–H groups in total. The molecule has 0 aromatic heterocycles. The minimum atomic E-state index is -3.36. The fraction of sp³-hybridized carbons (Fsp3) is 1.00. The van der Waals surface area contributed by atoms with Gasteiger partial charge in [0.25, 0.3) is 10.1 Å². The molecule has 13 heavy (non-hydrogen) atoms. The molecule has 0 heterocycles. The van der Waals surface area contributed by atoms with E-state index in [2.05, 4.69) is 0 Å². The minimum absolute atomic E-state index is 0.0823. The topological polar surface area (TPSA) is 43.4 Å². The van der Waals surface area contributed by atoms with E-state index in [-0.39, 0.29) is 12.0 Å². The van der Waals surface area contributed by atoms with Crippen LogP contribution in [0.2, 0.25) is 0 Å². The van der Waals surface area contributed by atoms with Crippen molar-refractivity contribution in [3.63, 3.8) is 0 Å². The zero-order chi connectivity index (χ0) is 10.3. The first-order valence-corrected chi connectivity index (χ1v) is 6.13. The molecule has 0 saturated heterocycles. The van der Waals surface area contributed by atoms with E-state index in [0.29, 0.717) is 0 Å². The number of rotatable bonds is 4. The lowest BCUT2D eigenvalue weighted by molar-refractivity contribution is 0.322. The van der Waals surface area contributed by atoms with Crippen molar-refractivity contribution in [3.8, 4) is 0 Å². The lowest BCUT2D eigenvalue weighted by atomic mass is 10.0. The highest BCUT2D eigenvalue weighted by Gasteiger charge is 2.68. The fourth-order valence-electron chi connectivity index (χ4n) is 1.87. The summed E-state index contributed by atoms with van der Waals surface area (Å²) in [6, 6.07) is 0. The molecule has 0 amide bonds. The Morgan fingerprint density at radius 1 is 1.31 bits per heavy atom. The van der Waals surface area contributed by atoms with Crippen molar-refractivity contribution >= 4 is 10.1 Å². The van der Waals surface area contributed by atoms with E-state index in [1.54, 1.807) is 13.8 Å². The largest absolute Gasteiger partial charge is 0.273 e. The third kappa shape index (κ3) is 1.40. The Morgan fingerprint density at radius 3 is 2.15 bits per heavy atom. The van der Waals surface area contributed by atoms with Crippen molar-refractivity contribution in [3.05, 3.63) is 0 Å². The van der Waals surface area contributed by atoms with Gasteiger partial charge in [0, 0.05) is 0 Å². The van der Waals surface area contributed by atoms with Crippen LogP contribution in [0.5, 0.6) is 0 Å². The van der Waals surface area contributed by atoms with Gasteiger partial charge < -0.3 is 0 Å². The van der Waals surface area contributed by atoms with Crippen LogP contribution in [-0.2, 0) is 14.3 Å². The average molecular weight is 206 g/mol. The van der Waals surface area contributed by atoms with E-state index in [1.165, 1.54) is 0 Å². The minimum Gasteiger partial charge on any atom is -0.270 e. The molecule has 0 aromatic carbocycles. The maximum Gasteiger partial charge on any atom is 0.273 e. The van der Waals surface area contributed by atoms with Gasteiger partial charge in [0.15, 0.2) is 0 Å². The smallest absolute Gasteiger partial charge is 0.270 e. The molecule has 1 aliphatic carbocycles. The summed E-state index contributed by atoms with van der Waals surface area (Å²) in [5.74, 6) is 0. The van der Waals surface area contributed by atoms with Gasteiger partial charge in [-0.15, -0.1) is 0 Å². The summed E-state index contributed by atoms with van der Waals surface area (Å²) in [7, 11) is -3.36. The average Bonchev–Trinajstić information content (AvgIpc) is 2.58. The van der Waals surface area contributed by atoms with Crippen LogP contribution in [0.25, 0.3) is 0 Å². The second-order valence-corrected chi connectivity index (χ2v) is 6.23. The van der Waals surface area contributed by atoms with Gasteiger partial charge in [-0.1, -0.05) is 13.8 Å². The van der Waals surface area contributed by atoms with Gasteiger partial charge in [-0.05, 0) is 32.1 Å². The zero-order valence-corrected chi connectivity index (χ0v) is 9.57. The molecule has 78 valence electrons. The third-order valence-corrected chi connectivity index (χ3v) is 5.77. The van der Waals surface area contributed by atoms with Crippen molar-refractivity contribution in [2.45, 2.75) is 45.3 Å². The summed E-state index contributed by atoms with van der Waals surface area (Å²) in [5, 5.41) is 0. The molecule has 3 nitrogen and oxygen atoms in total. The van der Waals surface area contributed by atoms with Crippen LogP contribution in [0.15, 0.2) is 0 Å². The molecule has 1 aliphatic rings. The molecule has 0 aliphatic heterocycles. The molecule has 1 saturated carbocycles. The van der Waals surface area contributed by atoms with Crippen LogP contribution in [0, 0.1) is 5.41 Å². The van der Waals surface area contributed by atoms with E-state index in [4.69, 9.17) is 4.18 Å². The Balaban J connectivity index is 2.87. The second-order valence-electron chi connectivity index (χ2n) is 4.18. The third-order valence-electron chi connectivity index (χ3n) is 3.48. The zero-order valence-electron chi connectivity index (χ0n) is 8.75. The van der Waals surface area contributed by atoms with Crippen LogP contribution in [-0.4, -0.2) is 19.8 Å². The van der Waals surface area contributed by atoms with Crippen molar-refractivity contribution in [2.24, 2.45) is 5.41 Å². The molecule has 0 bridgehead atoms. The molecule has 0 radical (unpaired) electrons. The van der Waals surface area contributed by atoms with Crippen LogP contribution in [0.4, 0.5) is 0 Å². The summed E-state index contributed by atoms with van der Waals surface area (Å²) in [6.45, 7) is 7.74. The van der Waals surface area contributed by atoms with Gasteiger partial charge in [0.05, 0.1) is 6.61 Å². The molecular formula is C9H18O3S. The number of hydrogen-bond acceptors (Lipinski definition) is 3. The number of hydrogen-bond donors (Lipinski definition) is 0. The first-order chi connectivity index (χ1) is 5.83. The van der Waals surface area contributed by atoms with Gasteiger partial charge >= 0.3 is 0 Å². The Morgan fingerprint density at radius 2 is 1.85 bits per heavy atom. The van der Waals surface area contributed by atoms with Gasteiger partial charge in [0.1, 0.15) is 4.75 Å². The lowest BCUT2D eigenvalue weighted by Crippen LogP contribution is -2.27. The molecule has 1 rings (SSSR count). The lowest BCUT2D eigenvalue weighted by Gasteiger charge is -2.16. The van der Waals surface area contributed by atoms with Crippen LogP contribution in [0.1, 0.15) is 40.5 Å². The van der Waals surface area contributed by atoms with Gasteiger partial charge in [-0.3, -0.25) is 4.18 Å². The highest BCUT2D eigenvalue weighted by molar-refractivity contribution is 7.88. The van der Waals surface area contributed by atoms with E-state index < -0.39 is 14.9 Å². The van der Waals surface area contributed by atoms with E-state index in [9.17, 15) is 8.42 Å². The first-order valence-electron chi connectivity index (χ1n) is 4.72. The molecule has 0 aromatic rings. The van der Waals surface area contributed by atoms with Crippen molar-refractivity contribution in [1.29, 1.82) is 0 Å². The van der Waals surface area contributed by atoms with Gasteiger partial charge in [0.2, 0.25) is 0 Å². The summed E-state index contributed by atoms with van der Waals surface area (Å²) in [5.41, 5.74) is -0.0823. The van der Waals surface area contributed by atoms with Crippen molar-refractivity contribution in [2.75, 3.05) is 6.61 Å². The van der Waals surface area contributed by atoms with Crippen molar-refractivity contribution in [1.82, 2.24) is 0 Å². The normalized spacial score (nSPS) is 39.1. The highest BCUT2D eigenvalue weighted by atomic mass is 32.2. The quantitative estimate of drug-likeness (QED) is 0.660. The van der Waals surface area contributed by atoms with E-state index >= 15 is 0 Å². The maximum absolute atomic E-state index is 11.7. The summed E-state index contributed by atoms with van der Waals surface area (Å²) in [6.07, 6.45) is 1.61. The molecule has 2 unspecified atom stereocenters. The first kappa shape index (κ1) is 11.0. The van der Waals surface area contributed by atoms with Crippen molar-refractivity contribution < 1.29 is 12.6 Å². The fourth-order valence-corrected chi connectivity index (χ4v) is 3.69. The standard InChI is InChI=1S/C9H18O3S/c1-5-8(3)7-9(8,4)13(10,11)12-6-2/h5-7H2,1-4H3. The molecule has 4 heteroatoms. The second kappa shape index (κ2) is 2.95. The Hall–Kier alpha value is -0.0900. The predicted octanol–water partition coefficient (Wildman–Crippen LogP) is 1.93. The van der Waals surface area contributed by atoms with Crippen LogP contribution < -0.4 is 0 Å². The Kier molecular flexibility index (Phi) is 2.50. The maximum atomic E-state index is 11.7. The van der Waals surface area contributed by atoms with Gasteiger partial charge in [-0.2, -0.15) is 8.42 Å². The SMILES string of the molecule is CCOS(=O)(=O)C1(C)CC1(C)CC. The Labute approximate surface area is 80.6 Å². The molecule has 2 atom stereocenters. The Bertz CT molecular complexity index is 296. The molecule has 0 spiro atoms. The summed E-state index contributed by atoms with van der Waals surface area (Å²) in [4.78, 5) is 0. The molecule has 1 fully saturated rings. The van der Waals surface area contributed by atoms with Gasteiger partial charge in [-0.25, -0.2) is 0 Å². The summed E-state index contributed by atoms with van der Waals surface area (Å²) < 4.78 is 27.5. The highest BCUT2D eigenvalue weighted by Crippen LogP contribution is 2.63. The summed E-state index contributed by atoms with van der Waals surface area (Å²) >= 11 is 0. The van der Waals surface area contributed by atoms with E-state index in [0.717, 1.165) is 12.8 Å².